The zero-order valence-electron chi connectivity index (χ0n) is 6.60. The van der Waals surface area contributed by atoms with Crippen LogP contribution in [0.5, 0.6) is 5.75 Å². The van der Waals surface area contributed by atoms with Gasteiger partial charge >= 0.3 is 0 Å². The second kappa shape index (κ2) is 5.17. The average Bonchev–Trinajstić information content (AvgIpc) is 2.09. The molecule has 0 fully saturated rings. The summed E-state index contributed by atoms with van der Waals surface area (Å²) in [7, 11) is 0. The molecule has 0 spiro atoms. The lowest BCUT2D eigenvalue weighted by Gasteiger charge is -2.02. The molecule has 0 aromatic heterocycles. The molecule has 0 saturated carbocycles. The molecule has 1 aromatic rings. The number of aromatic hydroxyl groups is 1. The van der Waals surface area contributed by atoms with E-state index in [-0.39, 0.29) is 5.75 Å². The van der Waals surface area contributed by atoms with E-state index < -0.39 is 0 Å². The number of rotatable bonds is 2. The van der Waals surface area contributed by atoms with E-state index >= 15 is 0 Å². The number of hydrogen-bond acceptors (Lipinski definition) is 1. The van der Waals surface area contributed by atoms with Gasteiger partial charge in [-0.05, 0) is 28.1 Å². The van der Waals surface area contributed by atoms with Gasteiger partial charge in [-0.1, -0.05) is 44.0 Å². The van der Waals surface area contributed by atoms with Crippen molar-refractivity contribution in [2.45, 2.75) is 0 Å². The molecule has 0 radical (unpaired) electrons. The molecule has 0 heterocycles. The van der Waals surface area contributed by atoms with Crippen molar-refractivity contribution < 1.29 is 5.11 Å². The number of alkyl halides is 1. The van der Waals surface area contributed by atoms with E-state index in [4.69, 9.17) is 0 Å². The summed E-state index contributed by atoms with van der Waals surface area (Å²) in [6.45, 7) is 0. The van der Waals surface area contributed by atoms with Crippen LogP contribution in [0.1, 0.15) is 5.56 Å². The smallest absolute Gasteiger partial charge is 0.137 e. The fourth-order valence-corrected chi connectivity index (χ4v) is 2.33. The minimum absolute atomic E-state index is 0.264. The Morgan fingerprint density at radius 2 is 2.00 bits per heavy atom. The third-order valence-electron chi connectivity index (χ3n) is 1.44. The van der Waals surface area contributed by atoms with Crippen molar-refractivity contribution >= 4 is 53.9 Å². The van der Waals surface area contributed by atoms with Crippen molar-refractivity contribution in [2.24, 2.45) is 0 Å². The maximum Gasteiger partial charge on any atom is 0.137 e. The first-order valence-electron chi connectivity index (χ1n) is 3.55. The lowest BCUT2D eigenvalue weighted by atomic mass is 10.2. The van der Waals surface area contributed by atoms with Gasteiger partial charge in [0.15, 0.2) is 0 Å². The van der Waals surface area contributed by atoms with Gasteiger partial charge in [-0.25, -0.2) is 0 Å². The van der Waals surface area contributed by atoms with E-state index in [0.717, 1.165) is 15.4 Å². The summed E-state index contributed by atoms with van der Waals surface area (Å²) in [6.07, 6.45) is 3.79. The molecule has 0 aliphatic rings. The quantitative estimate of drug-likeness (QED) is 0.768. The van der Waals surface area contributed by atoms with Crippen LogP contribution < -0.4 is 0 Å². The van der Waals surface area contributed by atoms with E-state index in [1.165, 1.54) is 0 Å². The van der Waals surface area contributed by atoms with Crippen LogP contribution in [-0.4, -0.2) is 10.4 Å². The summed E-state index contributed by atoms with van der Waals surface area (Å²) >= 11 is 9.89. The van der Waals surface area contributed by atoms with Crippen molar-refractivity contribution in [1.29, 1.82) is 0 Å². The molecule has 0 unspecified atom stereocenters. The Morgan fingerprint density at radius 1 is 1.31 bits per heavy atom. The first-order chi connectivity index (χ1) is 6.15. The highest BCUT2D eigenvalue weighted by molar-refractivity contribution is 9.11. The van der Waals surface area contributed by atoms with Crippen LogP contribution in [0.25, 0.3) is 6.08 Å². The van der Waals surface area contributed by atoms with Crippen molar-refractivity contribution in [3.05, 3.63) is 32.7 Å². The molecule has 0 saturated heterocycles. The van der Waals surface area contributed by atoms with Crippen LogP contribution >= 0.6 is 47.8 Å². The number of allylic oxidation sites excluding steroid dienone is 1. The Balaban J connectivity index is 3.12. The summed E-state index contributed by atoms with van der Waals surface area (Å²) in [5.41, 5.74) is 0.792. The Morgan fingerprint density at radius 3 is 2.62 bits per heavy atom. The third-order valence-corrected chi connectivity index (χ3v) is 2.88. The molecule has 1 rings (SSSR count). The summed E-state index contributed by atoms with van der Waals surface area (Å²) in [5.74, 6) is 0.264. The standard InChI is InChI=1S/C9H7Br3O/c10-3-1-2-6-4-7(11)5-8(12)9(6)13/h1-2,4-5,13H,3H2. The summed E-state index contributed by atoms with van der Waals surface area (Å²) < 4.78 is 1.63. The Bertz CT molecular complexity index is 334. The zero-order valence-corrected chi connectivity index (χ0v) is 11.4. The molecule has 0 atom stereocenters. The van der Waals surface area contributed by atoms with Gasteiger partial charge in [-0.15, -0.1) is 0 Å². The predicted molar refractivity (Wildman–Crippen MR) is 66.3 cm³/mol. The molecule has 0 aliphatic heterocycles. The summed E-state index contributed by atoms with van der Waals surface area (Å²) in [5, 5.41) is 10.4. The molecular weight excluding hydrogens is 364 g/mol. The number of halogens is 3. The van der Waals surface area contributed by atoms with Crippen LogP contribution in [0.15, 0.2) is 27.2 Å². The first-order valence-corrected chi connectivity index (χ1v) is 6.26. The van der Waals surface area contributed by atoms with E-state index in [0.29, 0.717) is 4.47 Å². The fraction of sp³-hybridized carbons (Fsp3) is 0.111. The van der Waals surface area contributed by atoms with E-state index in [1.807, 2.05) is 18.2 Å². The molecule has 0 aliphatic carbocycles. The van der Waals surface area contributed by atoms with Gasteiger partial charge in [0.25, 0.3) is 0 Å². The summed E-state index contributed by atoms with van der Waals surface area (Å²) in [4.78, 5) is 0. The minimum Gasteiger partial charge on any atom is -0.506 e. The largest absolute Gasteiger partial charge is 0.506 e. The third kappa shape index (κ3) is 3.11. The van der Waals surface area contributed by atoms with Gasteiger partial charge in [0.2, 0.25) is 0 Å². The zero-order chi connectivity index (χ0) is 9.84. The second-order valence-electron chi connectivity index (χ2n) is 2.38. The van der Waals surface area contributed by atoms with Crippen molar-refractivity contribution in [2.75, 3.05) is 5.33 Å². The van der Waals surface area contributed by atoms with E-state index in [2.05, 4.69) is 47.8 Å². The minimum atomic E-state index is 0.264. The van der Waals surface area contributed by atoms with Crippen LogP contribution in [0.4, 0.5) is 0 Å². The van der Waals surface area contributed by atoms with Crippen molar-refractivity contribution in [3.8, 4) is 5.75 Å². The Hall–Kier alpha value is 0.200. The van der Waals surface area contributed by atoms with Gasteiger partial charge < -0.3 is 5.11 Å². The number of phenolic OH excluding ortho intramolecular Hbond substituents is 1. The van der Waals surface area contributed by atoms with E-state index in [9.17, 15) is 5.11 Å². The molecular formula is C9H7Br3O. The van der Waals surface area contributed by atoms with Crippen LogP contribution in [-0.2, 0) is 0 Å². The lowest BCUT2D eigenvalue weighted by molar-refractivity contribution is 0.470. The fourth-order valence-electron chi connectivity index (χ4n) is 0.884. The lowest BCUT2D eigenvalue weighted by Crippen LogP contribution is -1.78. The van der Waals surface area contributed by atoms with Gasteiger partial charge in [0.1, 0.15) is 5.75 Å². The molecule has 13 heavy (non-hydrogen) atoms. The SMILES string of the molecule is Oc1c(Br)cc(Br)cc1C=CCBr. The monoisotopic (exact) mass is 368 g/mol. The van der Waals surface area contributed by atoms with Gasteiger partial charge in [-0.2, -0.15) is 0 Å². The molecule has 1 N–H and O–H groups in total. The normalized spacial score (nSPS) is 11.0. The van der Waals surface area contributed by atoms with Gasteiger partial charge in [-0.3, -0.25) is 0 Å². The molecule has 0 amide bonds. The molecule has 4 heteroatoms. The number of phenols is 1. The van der Waals surface area contributed by atoms with Crippen LogP contribution in [0, 0.1) is 0 Å². The van der Waals surface area contributed by atoms with Crippen LogP contribution in [0.3, 0.4) is 0 Å². The maximum atomic E-state index is 9.61. The maximum absolute atomic E-state index is 9.61. The molecule has 1 aromatic carbocycles. The second-order valence-corrected chi connectivity index (χ2v) is 4.80. The predicted octanol–water partition coefficient (Wildman–Crippen LogP) is 4.33. The average molecular weight is 371 g/mol. The van der Waals surface area contributed by atoms with E-state index in [1.54, 1.807) is 6.07 Å². The highest BCUT2D eigenvalue weighted by Crippen LogP contribution is 2.32. The van der Waals surface area contributed by atoms with Crippen LogP contribution in [0.2, 0.25) is 0 Å². The number of benzene rings is 1. The topological polar surface area (TPSA) is 20.2 Å². The van der Waals surface area contributed by atoms with Gasteiger partial charge in [0.05, 0.1) is 4.47 Å². The Labute approximate surface area is 102 Å². The number of hydrogen-bond donors (Lipinski definition) is 1. The Kier molecular flexibility index (Phi) is 4.49. The highest BCUT2D eigenvalue weighted by atomic mass is 79.9. The highest BCUT2D eigenvalue weighted by Gasteiger charge is 2.03. The molecule has 1 nitrogen and oxygen atoms in total. The molecule has 70 valence electrons. The van der Waals surface area contributed by atoms with Gasteiger partial charge in [0, 0.05) is 15.4 Å². The summed E-state index contributed by atoms with van der Waals surface area (Å²) in [6, 6.07) is 3.67. The first kappa shape index (κ1) is 11.3. The van der Waals surface area contributed by atoms with Crippen molar-refractivity contribution in [1.82, 2.24) is 0 Å². The molecule has 0 bridgehead atoms. The van der Waals surface area contributed by atoms with Crippen molar-refractivity contribution in [3.63, 3.8) is 0 Å².